The van der Waals surface area contributed by atoms with Crippen molar-refractivity contribution >= 4 is 23.5 Å². The van der Waals surface area contributed by atoms with Crippen LogP contribution in [0.1, 0.15) is 51.9 Å². The quantitative estimate of drug-likeness (QED) is 0.584. The third kappa shape index (κ3) is 5.28. The van der Waals surface area contributed by atoms with Crippen LogP contribution < -0.4 is 15.0 Å². The van der Waals surface area contributed by atoms with Crippen LogP contribution in [0, 0.1) is 5.92 Å². The number of anilines is 1. The molecule has 1 heterocycles. The molecule has 2 amide bonds. The van der Waals surface area contributed by atoms with Crippen molar-refractivity contribution < 1.29 is 23.9 Å². The summed E-state index contributed by atoms with van der Waals surface area (Å²) in [6.45, 7) is 1.80. The smallest absolute Gasteiger partial charge is 0.312 e. The van der Waals surface area contributed by atoms with Gasteiger partial charge in [-0.1, -0.05) is 37.8 Å². The fraction of sp³-hybridized carbons (Fsp3) is 0.591. The number of methoxy groups -OCH3 is 1. The predicted octanol–water partition coefficient (Wildman–Crippen LogP) is 2.82. The zero-order chi connectivity index (χ0) is 20.8. The zero-order valence-electron chi connectivity index (χ0n) is 17.2. The summed E-state index contributed by atoms with van der Waals surface area (Å²) in [5.74, 6) is -0.964. The van der Waals surface area contributed by atoms with E-state index in [1.807, 2.05) is 12.1 Å². The lowest BCUT2D eigenvalue weighted by Gasteiger charge is -2.21. The van der Waals surface area contributed by atoms with Crippen LogP contribution in [0.25, 0.3) is 0 Å². The molecule has 7 heteroatoms. The van der Waals surface area contributed by atoms with E-state index in [1.165, 1.54) is 12.8 Å². The van der Waals surface area contributed by atoms with E-state index in [0.717, 1.165) is 25.7 Å². The van der Waals surface area contributed by atoms with Crippen LogP contribution in [0.3, 0.4) is 0 Å². The number of amides is 2. The largest absolute Gasteiger partial charge is 0.495 e. The standard InChI is InChI=1S/C22H30N2O5/c1-15(21(26)23-17-9-5-3-4-6-10-17)29-22(27)16-13-20(25)24(14-16)18-11-7-8-12-19(18)28-2/h7-8,11-12,15-17H,3-6,9-10,13-14H2,1-2H3,(H,23,26)/t15-,16-/m0/s1. The highest BCUT2D eigenvalue weighted by Gasteiger charge is 2.38. The summed E-state index contributed by atoms with van der Waals surface area (Å²) in [7, 11) is 1.54. The number of hydrogen-bond donors (Lipinski definition) is 1. The van der Waals surface area contributed by atoms with Crippen LogP contribution in [0.2, 0.25) is 0 Å². The second-order valence-electron chi connectivity index (χ2n) is 7.85. The molecule has 0 unspecified atom stereocenters. The average Bonchev–Trinajstić information content (AvgIpc) is 2.93. The molecule has 158 valence electrons. The first-order chi connectivity index (χ1) is 14.0. The molecular weight excluding hydrogens is 372 g/mol. The number of ether oxygens (including phenoxy) is 2. The lowest BCUT2D eigenvalue weighted by atomic mass is 10.1. The first kappa shape index (κ1) is 21.1. The monoisotopic (exact) mass is 402 g/mol. The van der Waals surface area contributed by atoms with Crippen molar-refractivity contribution in [3.05, 3.63) is 24.3 Å². The number of esters is 1. The summed E-state index contributed by atoms with van der Waals surface area (Å²) in [4.78, 5) is 39.0. The molecule has 7 nitrogen and oxygen atoms in total. The highest BCUT2D eigenvalue weighted by molar-refractivity contribution is 6.00. The minimum absolute atomic E-state index is 0.0633. The predicted molar refractivity (Wildman–Crippen MR) is 109 cm³/mol. The number of nitrogens with one attached hydrogen (secondary N) is 1. The molecule has 1 saturated heterocycles. The van der Waals surface area contributed by atoms with E-state index in [4.69, 9.17) is 9.47 Å². The van der Waals surface area contributed by atoms with Gasteiger partial charge in [0.2, 0.25) is 5.91 Å². The Hall–Kier alpha value is -2.57. The van der Waals surface area contributed by atoms with Gasteiger partial charge in [0.25, 0.3) is 5.91 Å². The van der Waals surface area contributed by atoms with Crippen LogP contribution in [-0.4, -0.2) is 43.6 Å². The first-order valence-corrected chi connectivity index (χ1v) is 10.4. The summed E-state index contributed by atoms with van der Waals surface area (Å²) in [6, 6.07) is 7.35. The van der Waals surface area contributed by atoms with Crippen LogP contribution >= 0.6 is 0 Å². The molecule has 0 spiro atoms. The topological polar surface area (TPSA) is 84.9 Å². The second-order valence-corrected chi connectivity index (χ2v) is 7.85. The van der Waals surface area contributed by atoms with Crippen molar-refractivity contribution in [3.8, 4) is 5.75 Å². The van der Waals surface area contributed by atoms with Crippen LogP contribution in [-0.2, 0) is 19.1 Å². The molecule has 3 rings (SSSR count). The van der Waals surface area contributed by atoms with Gasteiger partial charge in [-0.3, -0.25) is 14.4 Å². The fourth-order valence-electron chi connectivity index (χ4n) is 4.02. The Morgan fingerprint density at radius 3 is 2.52 bits per heavy atom. The Morgan fingerprint density at radius 1 is 1.14 bits per heavy atom. The number of nitrogens with zero attached hydrogens (tertiary/aromatic N) is 1. The third-order valence-electron chi connectivity index (χ3n) is 5.70. The molecule has 1 aromatic carbocycles. The maximum absolute atomic E-state index is 12.6. The van der Waals surface area contributed by atoms with Crippen molar-refractivity contribution in [1.82, 2.24) is 5.32 Å². The van der Waals surface area contributed by atoms with Crippen molar-refractivity contribution in [1.29, 1.82) is 0 Å². The van der Waals surface area contributed by atoms with E-state index in [9.17, 15) is 14.4 Å². The number of hydrogen-bond acceptors (Lipinski definition) is 5. The van der Waals surface area contributed by atoms with Gasteiger partial charge in [0.1, 0.15) is 5.75 Å². The summed E-state index contributed by atoms with van der Waals surface area (Å²) in [6.07, 6.45) is 5.76. The Morgan fingerprint density at radius 2 is 1.83 bits per heavy atom. The number of para-hydroxylation sites is 2. The van der Waals surface area contributed by atoms with Crippen LogP contribution in [0.5, 0.6) is 5.75 Å². The molecule has 0 aromatic heterocycles. The molecule has 0 radical (unpaired) electrons. The Bertz CT molecular complexity index is 742. The molecule has 1 aliphatic heterocycles. The minimum atomic E-state index is -0.874. The number of rotatable bonds is 6. The van der Waals surface area contributed by atoms with Crippen molar-refractivity contribution in [2.75, 3.05) is 18.6 Å². The second kappa shape index (κ2) is 9.76. The molecular formula is C22H30N2O5. The van der Waals surface area contributed by atoms with Crippen LogP contribution in [0.15, 0.2) is 24.3 Å². The fourth-order valence-corrected chi connectivity index (χ4v) is 4.02. The van der Waals surface area contributed by atoms with E-state index in [0.29, 0.717) is 11.4 Å². The summed E-state index contributed by atoms with van der Waals surface area (Å²) in [5, 5.41) is 3.00. The third-order valence-corrected chi connectivity index (χ3v) is 5.70. The van der Waals surface area contributed by atoms with E-state index in [1.54, 1.807) is 31.1 Å². The van der Waals surface area contributed by atoms with Crippen molar-refractivity contribution in [3.63, 3.8) is 0 Å². The van der Waals surface area contributed by atoms with Gasteiger partial charge < -0.3 is 19.7 Å². The van der Waals surface area contributed by atoms with Gasteiger partial charge in [-0.2, -0.15) is 0 Å². The first-order valence-electron chi connectivity index (χ1n) is 10.4. The maximum atomic E-state index is 12.6. The average molecular weight is 402 g/mol. The normalized spacial score (nSPS) is 21.4. The Labute approximate surface area is 171 Å². The van der Waals surface area contributed by atoms with Crippen molar-refractivity contribution in [2.45, 2.75) is 64.0 Å². The molecule has 2 fully saturated rings. The van der Waals surface area contributed by atoms with Crippen LogP contribution in [0.4, 0.5) is 5.69 Å². The zero-order valence-corrected chi connectivity index (χ0v) is 17.2. The van der Waals surface area contributed by atoms with E-state index in [2.05, 4.69) is 5.32 Å². The number of carbonyl (C=O) groups excluding carboxylic acids is 3. The van der Waals surface area contributed by atoms with Gasteiger partial charge in [0.15, 0.2) is 6.10 Å². The highest BCUT2D eigenvalue weighted by Crippen LogP contribution is 2.33. The van der Waals surface area contributed by atoms with Gasteiger partial charge in [-0.05, 0) is 31.9 Å². The highest BCUT2D eigenvalue weighted by atomic mass is 16.5. The van der Waals surface area contributed by atoms with Gasteiger partial charge in [0, 0.05) is 19.0 Å². The molecule has 2 atom stereocenters. The lowest BCUT2D eigenvalue weighted by Crippen LogP contribution is -2.42. The SMILES string of the molecule is COc1ccccc1N1C[C@@H](C(=O)O[C@@H](C)C(=O)NC2CCCCCC2)CC1=O. The summed E-state index contributed by atoms with van der Waals surface area (Å²) >= 11 is 0. The summed E-state index contributed by atoms with van der Waals surface area (Å²) < 4.78 is 10.7. The molecule has 1 aliphatic carbocycles. The van der Waals surface area contributed by atoms with Gasteiger partial charge >= 0.3 is 5.97 Å². The summed E-state index contributed by atoms with van der Waals surface area (Å²) in [5.41, 5.74) is 0.634. The lowest BCUT2D eigenvalue weighted by molar-refractivity contribution is -0.158. The van der Waals surface area contributed by atoms with Gasteiger partial charge in [0.05, 0.1) is 18.7 Å². The maximum Gasteiger partial charge on any atom is 0.312 e. The van der Waals surface area contributed by atoms with E-state index in [-0.39, 0.29) is 30.8 Å². The van der Waals surface area contributed by atoms with Crippen molar-refractivity contribution in [2.24, 2.45) is 5.92 Å². The van der Waals surface area contributed by atoms with E-state index >= 15 is 0 Å². The molecule has 29 heavy (non-hydrogen) atoms. The number of carbonyl (C=O) groups is 3. The van der Waals surface area contributed by atoms with Gasteiger partial charge in [-0.25, -0.2) is 0 Å². The molecule has 1 saturated carbocycles. The molecule has 1 aromatic rings. The minimum Gasteiger partial charge on any atom is -0.495 e. The van der Waals surface area contributed by atoms with E-state index < -0.39 is 18.0 Å². The molecule has 2 aliphatic rings. The molecule has 0 bridgehead atoms. The Kier molecular flexibility index (Phi) is 7.12. The van der Waals surface area contributed by atoms with Gasteiger partial charge in [-0.15, -0.1) is 0 Å². The molecule has 1 N–H and O–H groups in total. The number of benzene rings is 1. The Balaban J connectivity index is 1.55.